The lowest BCUT2D eigenvalue weighted by molar-refractivity contribution is -0.154. The molecule has 1 aliphatic rings. The van der Waals surface area contributed by atoms with Crippen molar-refractivity contribution in [1.29, 1.82) is 0 Å². The van der Waals surface area contributed by atoms with Gasteiger partial charge in [-0.15, -0.1) is 0 Å². The third-order valence-corrected chi connectivity index (χ3v) is 5.77. The molecule has 33 heavy (non-hydrogen) atoms. The van der Waals surface area contributed by atoms with E-state index in [-0.39, 0.29) is 24.6 Å². The molecule has 0 saturated heterocycles. The van der Waals surface area contributed by atoms with Crippen LogP contribution in [0, 0.1) is 24.6 Å². The average Bonchev–Trinajstić information content (AvgIpc) is 3.32. The van der Waals surface area contributed by atoms with Crippen molar-refractivity contribution >= 4 is 24.0 Å². The number of nitrogens with zero attached hydrogens (tertiary/aromatic N) is 5. The summed E-state index contributed by atoms with van der Waals surface area (Å²) in [5, 5.41) is 10.1. The number of hydrogen-bond acceptors (Lipinski definition) is 8. The smallest absolute Gasteiger partial charge is 0.243 e. The summed E-state index contributed by atoms with van der Waals surface area (Å²) in [5.74, 6) is -1.20. The van der Waals surface area contributed by atoms with Gasteiger partial charge in [0.2, 0.25) is 18.1 Å². The minimum Gasteiger partial charge on any atom is -0.353 e. The van der Waals surface area contributed by atoms with E-state index in [9.17, 15) is 14.8 Å². The molecule has 0 unspecified atom stereocenters. The first-order chi connectivity index (χ1) is 15.9. The van der Waals surface area contributed by atoms with E-state index in [0.717, 1.165) is 31.2 Å². The zero-order valence-corrected chi connectivity index (χ0v) is 18.9. The van der Waals surface area contributed by atoms with Gasteiger partial charge in [-0.1, -0.05) is 25.7 Å². The highest BCUT2D eigenvalue weighted by molar-refractivity contribution is 5.80. The van der Waals surface area contributed by atoms with Crippen molar-refractivity contribution < 1.29 is 19.2 Å². The summed E-state index contributed by atoms with van der Waals surface area (Å²) in [6, 6.07) is 3.66. The van der Waals surface area contributed by atoms with Crippen molar-refractivity contribution in [2.75, 3.05) is 23.9 Å². The summed E-state index contributed by atoms with van der Waals surface area (Å²) >= 11 is 0. The molecule has 3 rings (SSSR count). The highest BCUT2D eigenvalue weighted by Gasteiger charge is 2.27. The van der Waals surface area contributed by atoms with E-state index in [0.29, 0.717) is 29.8 Å². The second-order valence-electron chi connectivity index (χ2n) is 8.39. The van der Waals surface area contributed by atoms with Gasteiger partial charge in [0, 0.05) is 26.0 Å². The quantitative estimate of drug-likeness (QED) is 0.266. The van der Waals surface area contributed by atoms with Crippen LogP contribution < -0.4 is 15.8 Å². The molecule has 0 aliphatic heterocycles. The number of carbonyl (C=O) groups is 2. The Kier molecular flexibility index (Phi) is 8.47. The molecular formula is C22H30FN7O3. The van der Waals surface area contributed by atoms with Crippen molar-refractivity contribution in [1.82, 2.24) is 25.4 Å². The van der Waals surface area contributed by atoms with Gasteiger partial charge in [-0.05, 0) is 37.0 Å². The van der Waals surface area contributed by atoms with E-state index in [2.05, 4.69) is 25.8 Å². The number of amides is 2. The Morgan fingerprint density at radius 3 is 2.67 bits per heavy atom. The Hall–Kier alpha value is -3.34. The Balaban J connectivity index is 1.69. The van der Waals surface area contributed by atoms with Gasteiger partial charge in [-0.25, -0.2) is 15.0 Å². The van der Waals surface area contributed by atoms with Gasteiger partial charge in [0.1, 0.15) is 5.82 Å². The molecule has 1 aliphatic carbocycles. The van der Waals surface area contributed by atoms with Gasteiger partial charge in [-0.3, -0.25) is 30.6 Å². The first kappa shape index (κ1) is 24.3. The van der Waals surface area contributed by atoms with E-state index < -0.39 is 17.6 Å². The van der Waals surface area contributed by atoms with E-state index in [1.165, 1.54) is 0 Å². The second-order valence-corrected chi connectivity index (χ2v) is 8.39. The number of aromatic nitrogens is 3. The monoisotopic (exact) mass is 459 g/mol. The lowest BCUT2D eigenvalue weighted by atomic mass is 9.92. The second kappa shape index (κ2) is 11.5. The fourth-order valence-corrected chi connectivity index (χ4v) is 4.12. The average molecular weight is 460 g/mol. The van der Waals surface area contributed by atoms with E-state index in [4.69, 9.17) is 0 Å². The SMILES string of the molecule is Cc1nc(NNC(=O)[C@@H](CC2CCCC2)CN(O)C=O)c(F)c(N(C)Cc2ccncc2)n1. The molecule has 1 fully saturated rings. The van der Waals surface area contributed by atoms with Crippen molar-refractivity contribution in [3.8, 4) is 0 Å². The lowest BCUT2D eigenvalue weighted by Gasteiger charge is -2.23. The molecule has 2 amide bonds. The van der Waals surface area contributed by atoms with Gasteiger partial charge in [0.15, 0.2) is 11.6 Å². The topological polar surface area (TPSA) is 124 Å². The molecule has 1 saturated carbocycles. The molecule has 0 radical (unpaired) electrons. The molecule has 0 aromatic carbocycles. The normalized spacial score (nSPS) is 14.5. The van der Waals surface area contributed by atoms with E-state index >= 15 is 4.39 Å². The van der Waals surface area contributed by atoms with Gasteiger partial charge < -0.3 is 4.90 Å². The first-order valence-corrected chi connectivity index (χ1v) is 11.0. The van der Waals surface area contributed by atoms with Crippen LogP contribution in [-0.4, -0.2) is 51.1 Å². The maximum Gasteiger partial charge on any atom is 0.243 e. The molecular weight excluding hydrogens is 429 g/mol. The minimum absolute atomic E-state index is 0.0843. The number of carbonyl (C=O) groups excluding carboxylic acids is 2. The van der Waals surface area contributed by atoms with Crippen molar-refractivity contribution in [2.45, 2.75) is 45.6 Å². The van der Waals surface area contributed by atoms with Crippen LogP contribution in [-0.2, 0) is 16.1 Å². The molecule has 0 bridgehead atoms. The predicted molar refractivity (Wildman–Crippen MR) is 119 cm³/mol. The molecule has 178 valence electrons. The number of nitrogens with one attached hydrogen (secondary N) is 2. The zero-order chi connectivity index (χ0) is 23.8. The largest absolute Gasteiger partial charge is 0.353 e. The van der Waals surface area contributed by atoms with Crippen LogP contribution in [0.25, 0.3) is 0 Å². The first-order valence-electron chi connectivity index (χ1n) is 11.0. The summed E-state index contributed by atoms with van der Waals surface area (Å²) < 4.78 is 15.2. The fraction of sp³-hybridized carbons (Fsp3) is 0.500. The van der Waals surface area contributed by atoms with Gasteiger partial charge >= 0.3 is 0 Å². The van der Waals surface area contributed by atoms with Crippen LogP contribution in [0.3, 0.4) is 0 Å². The molecule has 2 aromatic heterocycles. The Bertz CT molecular complexity index is 941. The summed E-state index contributed by atoms with van der Waals surface area (Å²) in [4.78, 5) is 37.5. The van der Waals surface area contributed by atoms with Crippen molar-refractivity contribution in [3.63, 3.8) is 0 Å². The molecule has 1 atom stereocenters. The van der Waals surface area contributed by atoms with Crippen LogP contribution in [0.15, 0.2) is 24.5 Å². The van der Waals surface area contributed by atoms with Crippen molar-refractivity contribution in [2.24, 2.45) is 11.8 Å². The number of anilines is 2. The number of hydroxylamine groups is 2. The third kappa shape index (κ3) is 6.82. The maximum absolute atomic E-state index is 15.2. The van der Waals surface area contributed by atoms with Gasteiger partial charge in [0.25, 0.3) is 0 Å². The molecule has 10 nitrogen and oxygen atoms in total. The Morgan fingerprint density at radius 2 is 2.00 bits per heavy atom. The lowest BCUT2D eigenvalue weighted by Crippen LogP contribution is -2.41. The zero-order valence-electron chi connectivity index (χ0n) is 18.9. The predicted octanol–water partition coefficient (Wildman–Crippen LogP) is 2.44. The van der Waals surface area contributed by atoms with Crippen LogP contribution in [0.2, 0.25) is 0 Å². The standard InChI is InChI=1S/C22H30FN7O3/c1-15-25-20(19(23)21(26-15)29(2)12-17-7-9-24-10-8-17)27-28-22(32)18(13-30(33)14-31)11-16-5-3-4-6-16/h7-10,14,16,18,33H,3-6,11-13H2,1-2H3,(H,28,32)(H,25,26,27)/t18-/m0/s1. The van der Waals surface area contributed by atoms with E-state index in [1.54, 1.807) is 31.3 Å². The number of halogens is 1. The highest BCUT2D eigenvalue weighted by Crippen LogP contribution is 2.30. The Labute approximate surface area is 192 Å². The minimum atomic E-state index is -0.707. The van der Waals surface area contributed by atoms with Crippen LogP contribution >= 0.6 is 0 Å². The highest BCUT2D eigenvalue weighted by atomic mass is 19.1. The third-order valence-electron chi connectivity index (χ3n) is 5.77. The maximum atomic E-state index is 15.2. The molecule has 0 spiro atoms. The van der Waals surface area contributed by atoms with Crippen LogP contribution in [0.1, 0.15) is 43.5 Å². The van der Waals surface area contributed by atoms with Gasteiger partial charge in [0.05, 0.1) is 12.5 Å². The Morgan fingerprint density at radius 1 is 1.30 bits per heavy atom. The number of aryl methyl sites for hydroxylation is 1. The summed E-state index contributed by atoms with van der Waals surface area (Å²) in [5.41, 5.74) is 5.98. The number of pyridine rings is 1. The summed E-state index contributed by atoms with van der Waals surface area (Å²) in [6.45, 7) is 1.90. The van der Waals surface area contributed by atoms with Crippen LogP contribution in [0.5, 0.6) is 0 Å². The fourth-order valence-electron chi connectivity index (χ4n) is 4.12. The number of hydrogen-bond donors (Lipinski definition) is 3. The number of hydrazine groups is 1. The number of rotatable bonds is 11. The van der Waals surface area contributed by atoms with Crippen LogP contribution in [0.4, 0.5) is 16.0 Å². The van der Waals surface area contributed by atoms with Gasteiger partial charge in [-0.2, -0.15) is 4.39 Å². The van der Waals surface area contributed by atoms with Crippen molar-refractivity contribution in [3.05, 3.63) is 41.7 Å². The molecule has 2 aromatic rings. The molecule has 3 N–H and O–H groups in total. The van der Waals surface area contributed by atoms with E-state index in [1.807, 2.05) is 12.1 Å². The molecule has 2 heterocycles. The summed E-state index contributed by atoms with van der Waals surface area (Å²) in [6.07, 6.45) is 8.35. The summed E-state index contributed by atoms with van der Waals surface area (Å²) in [7, 11) is 1.71. The molecule has 11 heteroatoms.